The lowest BCUT2D eigenvalue weighted by molar-refractivity contribution is -0.384. The van der Waals surface area contributed by atoms with E-state index in [1.165, 1.54) is 29.5 Å². The molecular weight excluding hydrogens is 461 g/mol. The first kappa shape index (κ1) is 21.0. The summed E-state index contributed by atoms with van der Waals surface area (Å²) in [4.78, 5) is 27.9. The van der Waals surface area contributed by atoms with Gasteiger partial charge in [-0.1, -0.05) is 29.3 Å². The molecule has 2 aromatic heterocycles. The Balaban J connectivity index is 1.44. The molecule has 10 heteroatoms. The second-order valence-corrected chi connectivity index (χ2v) is 8.36. The third kappa shape index (κ3) is 4.77. The van der Waals surface area contributed by atoms with E-state index in [4.69, 9.17) is 27.6 Å². The molecule has 1 amide bonds. The zero-order chi connectivity index (χ0) is 22.0. The van der Waals surface area contributed by atoms with Crippen LogP contribution in [0.2, 0.25) is 10.0 Å². The number of nitrogens with one attached hydrogen (secondary N) is 1. The summed E-state index contributed by atoms with van der Waals surface area (Å²) in [5, 5.41) is 15.0. The highest BCUT2D eigenvalue weighted by Crippen LogP contribution is 2.30. The smallest absolute Gasteiger partial charge is 0.293 e. The van der Waals surface area contributed by atoms with Gasteiger partial charge in [-0.3, -0.25) is 20.2 Å². The molecule has 1 N–H and O–H groups in total. The van der Waals surface area contributed by atoms with Gasteiger partial charge in [0.25, 0.3) is 11.6 Å². The number of carbonyl (C=O) groups excluding carboxylic acids is 1. The Bertz CT molecular complexity index is 1250. The van der Waals surface area contributed by atoms with E-state index in [9.17, 15) is 14.9 Å². The Kier molecular flexibility index (Phi) is 6.03. The van der Waals surface area contributed by atoms with Crippen LogP contribution in [0.3, 0.4) is 0 Å². The molecule has 4 aromatic rings. The van der Waals surface area contributed by atoms with E-state index in [0.29, 0.717) is 32.9 Å². The number of nitrogens with zero attached hydrogens (tertiary/aromatic N) is 2. The molecule has 0 radical (unpaired) electrons. The fraction of sp³-hybridized carbons (Fsp3) is 0.0476. The Labute approximate surface area is 190 Å². The highest BCUT2D eigenvalue weighted by molar-refractivity contribution is 7.15. The highest BCUT2D eigenvalue weighted by atomic mass is 35.5. The van der Waals surface area contributed by atoms with Gasteiger partial charge in [0.15, 0.2) is 10.9 Å². The number of rotatable bonds is 6. The fourth-order valence-corrected chi connectivity index (χ4v) is 4.19. The maximum absolute atomic E-state index is 12.5. The minimum Gasteiger partial charge on any atom is -0.451 e. The Morgan fingerprint density at radius 1 is 1.10 bits per heavy atom. The van der Waals surface area contributed by atoms with Crippen LogP contribution in [0, 0.1) is 10.1 Å². The van der Waals surface area contributed by atoms with Gasteiger partial charge in [0, 0.05) is 45.2 Å². The number of carbonyl (C=O) groups is 1. The van der Waals surface area contributed by atoms with Crippen molar-refractivity contribution in [3.8, 4) is 11.3 Å². The van der Waals surface area contributed by atoms with Gasteiger partial charge in [-0.2, -0.15) is 0 Å². The lowest BCUT2D eigenvalue weighted by Gasteiger charge is -2.04. The Morgan fingerprint density at radius 2 is 1.81 bits per heavy atom. The van der Waals surface area contributed by atoms with Crippen LogP contribution >= 0.6 is 34.5 Å². The van der Waals surface area contributed by atoms with Crippen molar-refractivity contribution >= 4 is 51.3 Å². The normalized spacial score (nSPS) is 10.8. The summed E-state index contributed by atoms with van der Waals surface area (Å²) in [7, 11) is 0. The number of hydrogen-bond acceptors (Lipinski definition) is 6. The minimum absolute atomic E-state index is 0.0223. The summed E-state index contributed by atoms with van der Waals surface area (Å²) in [6.45, 7) is 0. The first-order valence-corrected chi connectivity index (χ1v) is 10.5. The van der Waals surface area contributed by atoms with Gasteiger partial charge in [-0.15, -0.1) is 11.3 Å². The predicted octanol–water partition coefficient (Wildman–Crippen LogP) is 6.46. The third-order valence-electron chi connectivity index (χ3n) is 4.38. The van der Waals surface area contributed by atoms with Gasteiger partial charge in [-0.25, -0.2) is 4.98 Å². The number of nitro groups is 1. The van der Waals surface area contributed by atoms with Gasteiger partial charge in [0.1, 0.15) is 5.76 Å². The number of furan rings is 1. The number of halogens is 2. The molecule has 0 saturated heterocycles. The molecule has 0 aliphatic heterocycles. The average Bonchev–Trinajstić information content (AvgIpc) is 3.41. The van der Waals surface area contributed by atoms with E-state index < -0.39 is 10.8 Å². The summed E-state index contributed by atoms with van der Waals surface area (Å²) in [6, 6.07) is 14.3. The summed E-state index contributed by atoms with van der Waals surface area (Å²) in [5.41, 5.74) is 1.40. The maximum Gasteiger partial charge on any atom is 0.293 e. The highest BCUT2D eigenvalue weighted by Gasteiger charge is 2.16. The van der Waals surface area contributed by atoms with E-state index in [-0.39, 0.29) is 11.4 Å². The average molecular weight is 474 g/mol. The number of non-ortho nitro benzene ring substituents is 1. The molecule has 0 bridgehead atoms. The summed E-state index contributed by atoms with van der Waals surface area (Å²) < 4.78 is 5.60. The van der Waals surface area contributed by atoms with E-state index in [1.807, 2.05) is 0 Å². The van der Waals surface area contributed by atoms with E-state index in [2.05, 4.69) is 10.3 Å². The van der Waals surface area contributed by atoms with Gasteiger partial charge in [-0.05, 0) is 42.0 Å². The number of amides is 1. The standard InChI is InChI=1S/C21H13Cl2N3O4S/c22-16-2-1-3-17(23)15(16)10-14-11-24-21(31-14)25-20(27)19-9-8-18(30-19)12-4-6-13(7-5-12)26(28)29/h1-9,11H,10H2,(H,24,25,27). The molecular formula is C21H13Cl2N3O4S. The quantitative estimate of drug-likeness (QED) is 0.255. The largest absolute Gasteiger partial charge is 0.451 e. The molecule has 0 atom stereocenters. The third-order valence-corrected chi connectivity index (χ3v) is 6.00. The molecule has 0 aliphatic rings. The van der Waals surface area contributed by atoms with Crippen LogP contribution in [0.1, 0.15) is 21.0 Å². The molecule has 31 heavy (non-hydrogen) atoms. The van der Waals surface area contributed by atoms with Gasteiger partial charge in [0.2, 0.25) is 0 Å². The number of thiazole rings is 1. The van der Waals surface area contributed by atoms with Gasteiger partial charge >= 0.3 is 0 Å². The van der Waals surface area contributed by atoms with E-state index in [0.717, 1.165) is 10.4 Å². The van der Waals surface area contributed by atoms with E-state index >= 15 is 0 Å². The number of nitro benzene ring substituents is 1. The second-order valence-electron chi connectivity index (χ2n) is 6.43. The van der Waals surface area contributed by atoms with Crippen molar-refractivity contribution in [3.63, 3.8) is 0 Å². The van der Waals surface area contributed by atoms with Crippen molar-refractivity contribution in [1.29, 1.82) is 0 Å². The van der Waals surface area contributed by atoms with Crippen LogP contribution in [-0.2, 0) is 6.42 Å². The van der Waals surface area contributed by atoms with Gasteiger partial charge in [0.05, 0.1) is 4.92 Å². The fourth-order valence-electron chi connectivity index (χ4n) is 2.84. The topological polar surface area (TPSA) is 98.3 Å². The summed E-state index contributed by atoms with van der Waals surface area (Å²) in [5.74, 6) is 0.0670. The zero-order valence-electron chi connectivity index (χ0n) is 15.7. The molecule has 4 rings (SSSR count). The molecule has 0 spiro atoms. The Hall–Kier alpha value is -3.20. The summed E-state index contributed by atoms with van der Waals surface area (Å²) >= 11 is 13.7. The predicted molar refractivity (Wildman–Crippen MR) is 120 cm³/mol. The van der Waals surface area contributed by atoms with Crippen molar-refractivity contribution in [1.82, 2.24) is 4.98 Å². The molecule has 2 aromatic carbocycles. The SMILES string of the molecule is O=C(Nc1ncc(Cc2c(Cl)cccc2Cl)s1)c1ccc(-c2ccc([N+](=O)[O-])cc2)o1. The van der Waals surface area contributed by atoms with Gasteiger partial charge < -0.3 is 4.42 Å². The number of anilines is 1. The molecule has 0 saturated carbocycles. The number of benzene rings is 2. The first-order chi connectivity index (χ1) is 14.9. The molecule has 2 heterocycles. The van der Waals surface area contributed by atoms with Crippen molar-refractivity contribution in [3.05, 3.63) is 97.2 Å². The molecule has 0 aliphatic carbocycles. The molecule has 156 valence electrons. The molecule has 0 fully saturated rings. The minimum atomic E-state index is -0.479. The van der Waals surface area contributed by atoms with Crippen molar-refractivity contribution in [2.24, 2.45) is 0 Å². The van der Waals surface area contributed by atoms with Crippen LogP contribution in [-0.4, -0.2) is 15.8 Å². The van der Waals surface area contributed by atoms with Crippen molar-refractivity contribution in [2.45, 2.75) is 6.42 Å². The monoisotopic (exact) mass is 473 g/mol. The van der Waals surface area contributed by atoms with Crippen LogP contribution in [0.25, 0.3) is 11.3 Å². The van der Waals surface area contributed by atoms with Crippen LogP contribution in [0.4, 0.5) is 10.8 Å². The van der Waals surface area contributed by atoms with E-state index in [1.54, 1.807) is 42.6 Å². The van der Waals surface area contributed by atoms with Crippen LogP contribution in [0.15, 0.2) is 65.2 Å². The first-order valence-electron chi connectivity index (χ1n) is 8.94. The van der Waals surface area contributed by atoms with Crippen LogP contribution < -0.4 is 5.32 Å². The van der Waals surface area contributed by atoms with Crippen molar-refractivity contribution < 1.29 is 14.1 Å². The second kappa shape index (κ2) is 8.89. The lowest BCUT2D eigenvalue weighted by atomic mass is 10.1. The van der Waals surface area contributed by atoms with Crippen molar-refractivity contribution in [2.75, 3.05) is 5.32 Å². The Morgan fingerprint density at radius 3 is 2.48 bits per heavy atom. The summed E-state index contributed by atoms with van der Waals surface area (Å²) in [6.07, 6.45) is 2.15. The maximum atomic E-state index is 12.5. The molecule has 0 unspecified atom stereocenters. The zero-order valence-corrected chi connectivity index (χ0v) is 18.0. The van der Waals surface area contributed by atoms with Crippen LogP contribution in [0.5, 0.6) is 0 Å². The lowest BCUT2D eigenvalue weighted by Crippen LogP contribution is -2.10. The molecule has 7 nitrogen and oxygen atoms in total. The number of aromatic nitrogens is 1. The number of hydrogen-bond donors (Lipinski definition) is 1.